The van der Waals surface area contributed by atoms with E-state index >= 15 is 0 Å². The van der Waals surface area contributed by atoms with Gasteiger partial charge in [-0.3, -0.25) is 0 Å². The number of carbonyl (C=O) groups is 1. The van der Waals surface area contributed by atoms with E-state index in [9.17, 15) is 4.79 Å². The molecule has 4 heteroatoms. The van der Waals surface area contributed by atoms with E-state index in [0.29, 0.717) is 37.4 Å². The van der Waals surface area contributed by atoms with Crippen LogP contribution in [-0.2, 0) is 17.8 Å². The second-order valence-electron chi connectivity index (χ2n) is 10.6. The summed E-state index contributed by atoms with van der Waals surface area (Å²) < 4.78 is 12.1. The minimum Gasteiger partial charge on any atom is -0.493 e. The summed E-state index contributed by atoms with van der Waals surface area (Å²) in [7, 11) is 0. The van der Waals surface area contributed by atoms with E-state index in [2.05, 4.69) is 75.2 Å². The number of aliphatic hydroxyl groups excluding tert-OH is 1. The third kappa shape index (κ3) is 4.96. The summed E-state index contributed by atoms with van der Waals surface area (Å²) in [6.45, 7) is 7.33. The molecule has 3 aromatic carbocycles. The summed E-state index contributed by atoms with van der Waals surface area (Å²) >= 11 is 0. The zero-order valence-corrected chi connectivity index (χ0v) is 21.9. The first-order valence-corrected chi connectivity index (χ1v) is 13.1. The summed E-state index contributed by atoms with van der Waals surface area (Å²) in [5, 5.41) is 8.61. The van der Waals surface area contributed by atoms with Crippen LogP contribution < -0.4 is 9.47 Å². The summed E-state index contributed by atoms with van der Waals surface area (Å²) in [5.41, 5.74) is 10.1. The largest absolute Gasteiger partial charge is 0.493 e. The van der Waals surface area contributed by atoms with Gasteiger partial charge in [0.25, 0.3) is 0 Å². The summed E-state index contributed by atoms with van der Waals surface area (Å²) in [5.74, 6) is 4.69. The van der Waals surface area contributed by atoms with E-state index in [4.69, 9.17) is 14.6 Å². The second kappa shape index (κ2) is 10.3. The molecule has 4 nitrogen and oxygen atoms in total. The summed E-state index contributed by atoms with van der Waals surface area (Å²) in [6.07, 6.45) is 7.64. The van der Waals surface area contributed by atoms with Crippen LogP contribution in [0.4, 0.5) is 0 Å². The van der Waals surface area contributed by atoms with Gasteiger partial charge in [0, 0.05) is 12.8 Å². The molecule has 0 amide bonds. The highest BCUT2D eigenvalue weighted by atomic mass is 16.5. The molecule has 0 saturated heterocycles. The van der Waals surface area contributed by atoms with Crippen molar-refractivity contribution in [1.29, 1.82) is 0 Å². The normalized spacial score (nSPS) is 16.6. The fraction of sp³-hybridized carbons (Fsp3) is 0.364. The molecule has 2 aliphatic rings. The molecule has 1 saturated carbocycles. The third-order valence-electron chi connectivity index (χ3n) is 8.19. The maximum absolute atomic E-state index is 11.3. The highest BCUT2D eigenvalue weighted by Gasteiger charge is 2.53. The second-order valence-corrected chi connectivity index (χ2v) is 10.6. The minimum absolute atomic E-state index is 0.330. The molecule has 1 fully saturated rings. The average Bonchev–Trinajstić information content (AvgIpc) is 3.58. The number of aliphatic hydroxyl groups is 1. The van der Waals surface area contributed by atoms with Gasteiger partial charge in [0.1, 0.15) is 30.5 Å². The number of aldehydes is 1. The third-order valence-corrected chi connectivity index (χ3v) is 8.19. The topological polar surface area (TPSA) is 55.8 Å². The molecule has 3 aromatic rings. The van der Waals surface area contributed by atoms with E-state index < -0.39 is 0 Å². The maximum atomic E-state index is 11.3. The Balaban J connectivity index is 1.32. The Morgan fingerprint density at radius 3 is 2.51 bits per heavy atom. The number of aryl methyl sites for hydroxylation is 2. The van der Waals surface area contributed by atoms with Crippen LogP contribution in [-0.4, -0.2) is 18.0 Å². The molecule has 1 atom stereocenters. The lowest BCUT2D eigenvalue weighted by Crippen LogP contribution is -2.08. The van der Waals surface area contributed by atoms with Gasteiger partial charge >= 0.3 is 0 Å². The van der Waals surface area contributed by atoms with E-state index in [-0.39, 0.29) is 0 Å². The van der Waals surface area contributed by atoms with E-state index in [0.717, 1.165) is 40.9 Å². The van der Waals surface area contributed by atoms with Crippen LogP contribution in [0.15, 0.2) is 48.5 Å². The smallest absolute Gasteiger partial charge is 0.120 e. The van der Waals surface area contributed by atoms with Crippen molar-refractivity contribution < 1.29 is 19.4 Å². The molecule has 0 bridgehead atoms. The molecule has 5 rings (SSSR count). The van der Waals surface area contributed by atoms with E-state index in [1.165, 1.54) is 40.7 Å². The Morgan fingerprint density at radius 2 is 1.81 bits per heavy atom. The number of benzene rings is 3. The molecule has 1 spiro atoms. The van der Waals surface area contributed by atoms with Crippen molar-refractivity contribution in [2.24, 2.45) is 5.41 Å². The first-order chi connectivity index (χ1) is 18.0. The van der Waals surface area contributed by atoms with E-state index in [1.807, 2.05) is 6.11 Å². The molecule has 0 aliphatic heterocycles. The van der Waals surface area contributed by atoms with Gasteiger partial charge in [0.05, 0.1) is 6.61 Å². The zero-order valence-electron chi connectivity index (χ0n) is 21.9. The lowest BCUT2D eigenvalue weighted by Gasteiger charge is -2.18. The monoisotopic (exact) mass is 494 g/mol. The predicted octanol–water partition coefficient (Wildman–Crippen LogP) is 6.97. The van der Waals surface area contributed by atoms with Crippen LogP contribution in [0.1, 0.15) is 65.0 Å². The van der Waals surface area contributed by atoms with Gasteiger partial charge in [-0.15, -0.1) is 0 Å². The molecule has 1 N–H and O–H groups in total. The van der Waals surface area contributed by atoms with Crippen molar-refractivity contribution in [1.82, 2.24) is 0 Å². The Labute approximate surface area is 219 Å². The minimum atomic E-state index is 0.330. The molecule has 190 valence electrons. The van der Waals surface area contributed by atoms with Crippen molar-refractivity contribution in [2.45, 2.75) is 65.4 Å². The average molecular weight is 495 g/mol. The fourth-order valence-electron chi connectivity index (χ4n) is 6.14. The Bertz CT molecular complexity index is 1360. The van der Waals surface area contributed by atoms with Crippen LogP contribution in [0.5, 0.6) is 11.5 Å². The maximum Gasteiger partial charge on any atom is 0.120 e. The van der Waals surface area contributed by atoms with Gasteiger partial charge in [0.15, 0.2) is 0 Å². The number of fused-ring (bicyclic) bond motifs is 1. The molecule has 0 radical (unpaired) electrons. The molecule has 37 heavy (non-hydrogen) atoms. The van der Waals surface area contributed by atoms with Gasteiger partial charge < -0.3 is 19.4 Å². The van der Waals surface area contributed by atoms with Gasteiger partial charge in [-0.25, -0.2) is 0 Å². The van der Waals surface area contributed by atoms with Crippen LogP contribution in [0.2, 0.25) is 0 Å². The summed E-state index contributed by atoms with van der Waals surface area (Å²) in [4.78, 5) is 11.3. The quantitative estimate of drug-likeness (QED) is 0.198. The number of rotatable bonds is 9. The zero-order chi connectivity index (χ0) is 26.0. The van der Waals surface area contributed by atoms with Crippen LogP contribution in [0.3, 0.4) is 0 Å². The molecule has 0 aromatic heterocycles. The van der Waals surface area contributed by atoms with Gasteiger partial charge in [-0.05, 0) is 120 Å². The highest BCUT2D eigenvalue weighted by Crippen LogP contribution is 2.64. The predicted molar refractivity (Wildman–Crippen MR) is 145 cm³/mol. The molecule has 1 unspecified atom stereocenters. The first-order valence-electron chi connectivity index (χ1n) is 13.1. The first kappa shape index (κ1) is 25.0. The van der Waals surface area contributed by atoms with Crippen LogP contribution >= 0.6 is 0 Å². The SMILES string of the molecule is Cc1cc(OCCC#CO)cc(C)c1-c1cccc(COc2ccc3c(c2)CC2(CC2)C3CC=O)c1C. The molecular weight excluding hydrogens is 460 g/mol. The Hall–Kier alpha value is -3.71. The van der Waals surface area contributed by atoms with Crippen molar-refractivity contribution in [3.8, 4) is 34.7 Å². The Morgan fingerprint density at radius 1 is 1.03 bits per heavy atom. The van der Waals surface area contributed by atoms with Gasteiger partial charge in [-0.1, -0.05) is 30.2 Å². The fourth-order valence-corrected chi connectivity index (χ4v) is 6.14. The Kier molecular flexibility index (Phi) is 6.98. The van der Waals surface area contributed by atoms with Gasteiger partial charge in [0.2, 0.25) is 0 Å². The highest BCUT2D eigenvalue weighted by molar-refractivity contribution is 5.75. The lowest BCUT2D eigenvalue weighted by molar-refractivity contribution is -0.108. The molecule has 0 heterocycles. The lowest BCUT2D eigenvalue weighted by atomic mass is 9.87. The van der Waals surface area contributed by atoms with E-state index in [1.54, 1.807) is 0 Å². The van der Waals surface area contributed by atoms with Crippen molar-refractivity contribution >= 4 is 6.29 Å². The number of carbonyl (C=O) groups excluding carboxylic acids is 1. The van der Waals surface area contributed by atoms with Crippen molar-refractivity contribution in [2.75, 3.05) is 6.61 Å². The number of ether oxygens (including phenoxy) is 2. The van der Waals surface area contributed by atoms with Crippen LogP contribution in [0, 0.1) is 38.2 Å². The molecule has 2 aliphatic carbocycles. The molecular formula is C33H34O4. The van der Waals surface area contributed by atoms with Gasteiger partial charge in [-0.2, -0.15) is 0 Å². The standard InChI is InChI=1S/C33H34O4/c1-22-17-28(36-16-5-4-14-34)18-23(2)32(22)29-8-6-7-25(24(29)3)21-37-27-9-10-30-26(19-27)20-33(12-13-33)31(30)11-15-35/h6-10,15,17-19,31,34H,5,11-13,16,20-21H2,1-3H3. The summed E-state index contributed by atoms with van der Waals surface area (Å²) in [6, 6.07) is 17.0. The van der Waals surface area contributed by atoms with Crippen molar-refractivity contribution in [3.63, 3.8) is 0 Å². The van der Waals surface area contributed by atoms with Crippen LogP contribution in [0.25, 0.3) is 11.1 Å². The number of hydrogen-bond acceptors (Lipinski definition) is 4. The number of hydrogen-bond donors (Lipinski definition) is 1. The van der Waals surface area contributed by atoms with Crippen molar-refractivity contribution in [3.05, 3.63) is 81.9 Å².